The smallest absolute Gasteiger partial charge is 0.0314 e. The Morgan fingerprint density at radius 3 is 2.28 bits per heavy atom. The molecule has 1 atom stereocenters. The van der Waals surface area contributed by atoms with Crippen LogP contribution in [0.3, 0.4) is 0 Å². The van der Waals surface area contributed by atoms with Gasteiger partial charge in [0.25, 0.3) is 0 Å². The molecular formula is C16H28N2. The molecule has 0 amide bonds. The molecule has 1 rings (SSSR count). The van der Waals surface area contributed by atoms with Crippen molar-refractivity contribution in [2.75, 3.05) is 19.3 Å². The molecule has 0 saturated carbocycles. The van der Waals surface area contributed by atoms with Crippen LogP contribution >= 0.6 is 0 Å². The van der Waals surface area contributed by atoms with Crippen molar-refractivity contribution in [3.63, 3.8) is 0 Å². The third-order valence-electron chi connectivity index (χ3n) is 3.80. The highest BCUT2D eigenvalue weighted by atomic mass is 15.1. The van der Waals surface area contributed by atoms with Crippen LogP contribution in [0.4, 0.5) is 5.69 Å². The van der Waals surface area contributed by atoms with Crippen LogP contribution in [-0.4, -0.2) is 24.5 Å². The van der Waals surface area contributed by atoms with Gasteiger partial charge in [-0.2, -0.15) is 0 Å². The van der Waals surface area contributed by atoms with E-state index in [9.17, 15) is 0 Å². The van der Waals surface area contributed by atoms with Crippen molar-refractivity contribution < 1.29 is 0 Å². The Hall–Kier alpha value is -1.02. The third-order valence-corrected chi connectivity index (χ3v) is 3.80. The minimum absolute atomic E-state index is 0.157. The van der Waals surface area contributed by atoms with E-state index < -0.39 is 0 Å². The van der Waals surface area contributed by atoms with E-state index in [1.54, 1.807) is 0 Å². The van der Waals surface area contributed by atoms with Crippen molar-refractivity contribution in [3.05, 3.63) is 29.8 Å². The van der Waals surface area contributed by atoms with Gasteiger partial charge in [0.2, 0.25) is 0 Å². The maximum atomic E-state index is 5.75. The summed E-state index contributed by atoms with van der Waals surface area (Å²) >= 11 is 0. The lowest BCUT2D eigenvalue weighted by Crippen LogP contribution is -2.39. The van der Waals surface area contributed by atoms with Gasteiger partial charge in [0.15, 0.2) is 0 Å². The van der Waals surface area contributed by atoms with E-state index in [4.69, 9.17) is 5.73 Å². The molecule has 0 aliphatic rings. The predicted molar refractivity (Wildman–Crippen MR) is 80.9 cm³/mol. The monoisotopic (exact) mass is 248 g/mol. The Bertz CT molecular complexity index is 354. The second-order valence-corrected chi connectivity index (χ2v) is 6.06. The number of nitrogens with zero attached hydrogens (tertiary/aromatic N) is 1. The molecule has 0 saturated heterocycles. The van der Waals surface area contributed by atoms with E-state index >= 15 is 0 Å². The average molecular weight is 248 g/mol. The standard InChI is InChI=1S/C16H28N2/c1-6-7-13(2)18(5)12-16(3,4)14-8-10-15(17)11-9-14/h8-11,13H,6-7,12,17H2,1-5H3. The Balaban J connectivity index is 2.71. The van der Waals surface area contributed by atoms with Crippen LogP contribution in [0, 0.1) is 0 Å². The van der Waals surface area contributed by atoms with Crippen molar-refractivity contribution in [1.29, 1.82) is 0 Å². The molecule has 18 heavy (non-hydrogen) atoms. The van der Waals surface area contributed by atoms with Gasteiger partial charge in [-0.15, -0.1) is 0 Å². The topological polar surface area (TPSA) is 29.3 Å². The lowest BCUT2D eigenvalue weighted by Gasteiger charge is -2.34. The molecule has 0 aromatic heterocycles. The first kappa shape index (κ1) is 15.0. The van der Waals surface area contributed by atoms with Crippen LogP contribution in [-0.2, 0) is 5.41 Å². The minimum Gasteiger partial charge on any atom is -0.399 e. The van der Waals surface area contributed by atoms with Gasteiger partial charge in [-0.25, -0.2) is 0 Å². The molecule has 0 fully saturated rings. The molecule has 102 valence electrons. The summed E-state index contributed by atoms with van der Waals surface area (Å²) in [6.07, 6.45) is 2.50. The molecule has 0 bridgehead atoms. The maximum Gasteiger partial charge on any atom is 0.0314 e. The highest BCUT2D eigenvalue weighted by Gasteiger charge is 2.24. The second kappa shape index (κ2) is 6.24. The first-order valence-corrected chi connectivity index (χ1v) is 6.93. The van der Waals surface area contributed by atoms with Gasteiger partial charge >= 0.3 is 0 Å². The minimum atomic E-state index is 0.157. The molecule has 0 radical (unpaired) electrons. The zero-order valence-electron chi connectivity index (χ0n) is 12.5. The van der Waals surface area contributed by atoms with Crippen molar-refractivity contribution in [2.24, 2.45) is 0 Å². The van der Waals surface area contributed by atoms with E-state index in [0.29, 0.717) is 6.04 Å². The fraction of sp³-hybridized carbons (Fsp3) is 0.625. The summed E-state index contributed by atoms with van der Waals surface area (Å²) in [5.74, 6) is 0. The van der Waals surface area contributed by atoms with E-state index in [1.165, 1.54) is 18.4 Å². The lowest BCUT2D eigenvalue weighted by molar-refractivity contribution is 0.202. The molecule has 2 heteroatoms. The fourth-order valence-electron chi connectivity index (χ4n) is 2.44. The van der Waals surface area contributed by atoms with Gasteiger partial charge in [-0.3, -0.25) is 0 Å². The number of rotatable bonds is 6. The van der Waals surface area contributed by atoms with Crippen LogP contribution in [0.15, 0.2) is 24.3 Å². The molecule has 1 unspecified atom stereocenters. The molecular weight excluding hydrogens is 220 g/mol. The third kappa shape index (κ3) is 4.02. The molecule has 0 aliphatic carbocycles. The second-order valence-electron chi connectivity index (χ2n) is 6.06. The Morgan fingerprint density at radius 2 is 1.78 bits per heavy atom. The largest absolute Gasteiger partial charge is 0.399 e. The summed E-state index contributed by atoms with van der Waals surface area (Å²) in [4.78, 5) is 2.46. The normalized spacial score (nSPS) is 13.9. The van der Waals surface area contributed by atoms with Crippen molar-refractivity contribution in [2.45, 2.75) is 52.0 Å². The van der Waals surface area contributed by atoms with Crippen LogP contribution < -0.4 is 5.73 Å². The summed E-state index contributed by atoms with van der Waals surface area (Å²) in [5, 5.41) is 0. The number of anilines is 1. The Morgan fingerprint density at radius 1 is 1.22 bits per heavy atom. The summed E-state index contributed by atoms with van der Waals surface area (Å²) in [5.41, 5.74) is 8.10. The summed E-state index contributed by atoms with van der Waals surface area (Å²) in [6, 6.07) is 8.92. The SMILES string of the molecule is CCCC(C)N(C)CC(C)(C)c1ccc(N)cc1. The molecule has 0 spiro atoms. The van der Waals surface area contributed by atoms with Gasteiger partial charge in [0.1, 0.15) is 0 Å². The van der Waals surface area contributed by atoms with Gasteiger partial charge in [0.05, 0.1) is 0 Å². The molecule has 2 N–H and O–H groups in total. The number of nitrogens with two attached hydrogens (primary N) is 1. The Kier molecular flexibility index (Phi) is 5.21. The van der Waals surface area contributed by atoms with E-state index in [2.05, 4.69) is 51.8 Å². The van der Waals surface area contributed by atoms with Gasteiger partial charge in [0, 0.05) is 23.7 Å². The molecule has 0 heterocycles. The maximum absolute atomic E-state index is 5.75. The number of benzene rings is 1. The molecule has 1 aromatic rings. The lowest BCUT2D eigenvalue weighted by atomic mass is 9.83. The quantitative estimate of drug-likeness (QED) is 0.778. The van der Waals surface area contributed by atoms with Gasteiger partial charge < -0.3 is 10.6 Å². The van der Waals surface area contributed by atoms with E-state index in [0.717, 1.165) is 12.2 Å². The van der Waals surface area contributed by atoms with Crippen molar-refractivity contribution in [1.82, 2.24) is 4.90 Å². The van der Waals surface area contributed by atoms with Crippen LogP contribution in [0.5, 0.6) is 0 Å². The van der Waals surface area contributed by atoms with Gasteiger partial charge in [-0.05, 0) is 38.1 Å². The molecule has 0 aliphatic heterocycles. The van der Waals surface area contributed by atoms with Crippen molar-refractivity contribution >= 4 is 5.69 Å². The fourth-order valence-corrected chi connectivity index (χ4v) is 2.44. The predicted octanol–water partition coefficient (Wildman–Crippen LogP) is 3.67. The van der Waals surface area contributed by atoms with E-state index in [1.807, 2.05) is 12.1 Å². The highest BCUT2D eigenvalue weighted by molar-refractivity contribution is 5.41. The van der Waals surface area contributed by atoms with Crippen LogP contribution in [0.1, 0.15) is 46.1 Å². The molecule has 1 aromatic carbocycles. The first-order valence-electron chi connectivity index (χ1n) is 6.93. The number of nitrogen functional groups attached to an aromatic ring is 1. The highest BCUT2D eigenvalue weighted by Crippen LogP contribution is 2.25. The van der Waals surface area contributed by atoms with Crippen LogP contribution in [0.2, 0.25) is 0 Å². The van der Waals surface area contributed by atoms with Gasteiger partial charge in [-0.1, -0.05) is 39.3 Å². The summed E-state index contributed by atoms with van der Waals surface area (Å²) in [6.45, 7) is 10.2. The first-order chi connectivity index (χ1) is 8.36. The van der Waals surface area contributed by atoms with Crippen LogP contribution in [0.25, 0.3) is 0 Å². The number of hydrogen-bond acceptors (Lipinski definition) is 2. The summed E-state index contributed by atoms with van der Waals surface area (Å²) < 4.78 is 0. The Labute approximate surface area is 112 Å². The number of likely N-dealkylation sites (N-methyl/N-ethyl adjacent to an activating group) is 1. The summed E-state index contributed by atoms with van der Waals surface area (Å²) in [7, 11) is 2.22. The average Bonchev–Trinajstić information content (AvgIpc) is 2.29. The zero-order valence-corrected chi connectivity index (χ0v) is 12.5. The van der Waals surface area contributed by atoms with Crippen molar-refractivity contribution in [3.8, 4) is 0 Å². The number of hydrogen-bond donors (Lipinski definition) is 1. The zero-order chi connectivity index (χ0) is 13.8. The molecule has 2 nitrogen and oxygen atoms in total. The van der Waals surface area contributed by atoms with E-state index in [-0.39, 0.29) is 5.41 Å².